The second-order valence-electron chi connectivity index (χ2n) is 5.02. The van der Waals surface area contributed by atoms with Crippen LogP contribution in [-0.4, -0.2) is 24.6 Å². The van der Waals surface area contributed by atoms with Crippen molar-refractivity contribution in [2.45, 2.75) is 17.9 Å². The van der Waals surface area contributed by atoms with Gasteiger partial charge in [0.15, 0.2) is 0 Å². The van der Waals surface area contributed by atoms with E-state index in [-0.39, 0.29) is 5.69 Å². The summed E-state index contributed by atoms with van der Waals surface area (Å²) in [5, 5.41) is 9.89. The number of nitro benzene ring substituents is 1. The molecule has 0 saturated carbocycles. The van der Waals surface area contributed by atoms with Crippen molar-refractivity contribution in [3.8, 4) is 0 Å². The van der Waals surface area contributed by atoms with Crippen LogP contribution in [0.3, 0.4) is 0 Å². The number of rotatable bonds is 6. The molecule has 1 atom stereocenters. The Morgan fingerprint density at radius 3 is 2.44 bits per heavy atom. The number of sulfonamides is 1. The molecule has 0 N–H and O–H groups in total. The Morgan fingerprint density at radius 1 is 1.24 bits per heavy atom. The average molecular weight is 387 g/mol. The summed E-state index contributed by atoms with van der Waals surface area (Å²) in [5.74, 6) is -0.717. The highest BCUT2D eigenvalue weighted by atomic mass is 35.5. The summed E-state index contributed by atoms with van der Waals surface area (Å²) in [4.78, 5) is 21.3. The van der Waals surface area contributed by atoms with E-state index in [0.29, 0.717) is 4.31 Å². The van der Waals surface area contributed by atoms with E-state index in [0.717, 1.165) is 30.3 Å². The third-order valence-electron chi connectivity index (χ3n) is 3.33. The van der Waals surface area contributed by atoms with Crippen molar-refractivity contribution in [1.82, 2.24) is 0 Å². The number of carbonyl (C=O) groups is 1. The van der Waals surface area contributed by atoms with Gasteiger partial charge in [0.05, 0.1) is 15.5 Å². The van der Waals surface area contributed by atoms with E-state index in [4.69, 9.17) is 11.6 Å². The number of non-ortho nitro benzene ring substituents is 1. The molecule has 25 heavy (non-hydrogen) atoms. The number of nitrogens with zero attached hydrogens (tertiary/aromatic N) is 2. The zero-order chi connectivity index (χ0) is 18.8. The van der Waals surface area contributed by atoms with E-state index in [1.807, 2.05) is 0 Å². The van der Waals surface area contributed by atoms with Crippen molar-refractivity contribution in [3.05, 3.63) is 64.5 Å². The van der Waals surface area contributed by atoms with Crippen LogP contribution in [-0.2, 0) is 14.8 Å². The summed E-state index contributed by atoms with van der Waals surface area (Å²) in [5.41, 5.74) is -0.571. The van der Waals surface area contributed by atoms with Crippen LogP contribution in [0.25, 0.3) is 0 Å². The third-order valence-corrected chi connectivity index (χ3v) is 5.54. The molecule has 2 aromatic rings. The summed E-state index contributed by atoms with van der Waals surface area (Å²) in [6.07, 6.45) is 0. The van der Waals surface area contributed by atoms with Gasteiger partial charge in [0.2, 0.25) is 5.24 Å². The van der Waals surface area contributed by atoms with Crippen LogP contribution in [0, 0.1) is 15.9 Å². The molecule has 0 heterocycles. The van der Waals surface area contributed by atoms with E-state index in [2.05, 4.69) is 0 Å². The number of anilines is 1. The van der Waals surface area contributed by atoms with Crippen molar-refractivity contribution in [2.24, 2.45) is 0 Å². The predicted octanol–water partition coefficient (Wildman–Crippen LogP) is 3.08. The van der Waals surface area contributed by atoms with Crippen LogP contribution in [0.15, 0.2) is 53.4 Å². The molecule has 7 nitrogen and oxygen atoms in total. The lowest BCUT2D eigenvalue weighted by molar-refractivity contribution is -0.385. The van der Waals surface area contributed by atoms with Gasteiger partial charge >= 0.3 is 0 Å². The maximum atomic E-state index is 13.5. The number of hydrogen-bond donors (Lipinski definition) is 0. The van der Waals surface area contributed by atoms with E-state index in [1.165, 1.54) is 25.1 Å². The van der Waals surface area contributed by atoms with Gasteiger partial charge in [-0.2, -0.15) is 0 Å². The predicted molar refractivity (Wildman–Crippen MR) is 89.5 cm³/mol. The van der Waals surface area contributed by atoms with Crippen LogP contribution in [0.2, 0.25) is 0 Å². The number of halogens is 2. The molecule has 0 aromatic heterocycles. The number of carbonyl (C=O) groups excluding carboxylic acids is 1. The zero-order valence-corrected chi connectivity index (χ0v) is 14.4. The van der Waals surface area contributed by atoms with Crippen molar-refractivity contribution >= 4 is 38.2 Å². The zero-order valence-electron chi connectivity index (χ0n) is 12.8. The topological polar surface area (TPSA) is 97.6 Å². The smallest absolute Gasteiger partial charge is 0.270 e. The molecular formula is C15H12ClFN2O5S. The lowest BCUT2D eigenvalue weighted by Gasteiger charge is -2.28. The van der Waals surface area contributed by atoms with Gasteiger partial charge in [-0.25, -0.2) is 12.8 Å². The maximum absolute atomic E-state index is 13.5. The number of hydrogen-bond acceptors (Lipinski definition) is 5. The molecule has 0 aliphatic carbocycles. The minimum atomic E-state index is -4.41. The second-order valence-corrected chi connectivity index (χ2v) is 7.20. The summed E-state index contributed by atoms with van der Waals surface area (Å²) in [7, 11) is -4.41. The third kappa shape index (κ3) is 3.94. The summed E-state index contributed by atoms with van der Waals surface area (Å²) in [6.45, 7) is 1.23. The van der Waals surface area contributed by atoms with Crippen LogP contribution in [0.1, 0.15) is 6.92 Å². The molecule has 0 aliphatic heterocycles. The average Bonchev–Trinajstić information content (AvgIpc) is 2.54. The Kier molecular flexibility index (Phi) is 5.39. The van der Waals surface area contributed by atoms with Crippen LogP contribution < -0.4 is 4.31 Å². The minimum absolute atomic E-state index is 0.131. The molecule has 0 fully saturated rings. The first-order chi connectivity index (χ1) is 11.6. The summed E-state index contributed by atoms with van der Waals surface area (Å²) in [6, 6.07) is 7.55. The van der Waals surface area contributed by atoms with E-state index in [9.17, 15) is 27.7 Å². The Bertz CT molecular complexity index is 935. The van der Waals surface area contributed by atoms with Crippen molar-refractivity contribution in [2.75, 3.05) is 4.31 Å². The van der Waals surface area contributed by atoms with Crippen LogP contribution in [0.5, 0.6) is 0 Å². The van der Waals surface area contributed by atoms with Crippen LogP contribution in [0.4, 0.5) is 15.8 Å². The van der Waals surface area contributed by atoms with E-state index in [1.54, 1.807) is 0 Å². The first kappa shape index (κ1) is 18.8. The molecule has 10 heteroatoms. The first-order valence-corrected chi connectivity index (χ1v) is 8.70. The Labute approximate surface area is 147 Å². The van der Waals surface area contributed by atoms with Crippen molar-refractivity contribution in [3.63, 3.8) is 0 Å². The fraction of sp³-hybridized carbons (Fsp3) is 0.133. The van der Waals surface area contributed by atoms with Crippen molar-refractivity contribution in [1.29, 1.82) is 0 Å². The van der Waals surface area contributed by atoms with Gasteiger partial charge < -0.3 is 0 Å². The molecule has 0 bridgehead atoms. The fourth-order valence-electron chi connectivity index (χ4n) is 2.15. The molecule has 0 saturated heterocycles. The van der Waals surface area contributed by atoms with E-state index < -0.39 is 42.6 Å². The van der Waals surface area contributed by atoms with Gasteiger partial charge in [0.1, 0.15) is 11.9 Å². The fourth-order valence-corrected chi connectivity index (χ4v) is 3.95. The standard InChI is InChI=1S/C15H12ClFN2O5S/c1-10(15(16)20)18(12-5-2-4-11(17)8-12)25(23,24)14-7-3-6-13(9-14)19(21)22/h2-10H,1H3. The van der Waals surface area contributed by atoms with Gasteiger partial charge in [-0.3, -0.25) is 19.2 Å². The highest BCUT2D eigenvalue weighted by Crippen LogP contribution is 2.29. The maximum Gasteiger partial charge on any atom is 0.270 e. The largest absolute Gasteiger partial charge is 0.279 e. The lowest BCUT2D eigenvalue weighted by Crippen LogP contribution is -2.42. The Morgan fingerprint density at radius 2 is 1.88 bits per heavy atom. The number of nitro groups is 1. The minimum Gasteiger partial charge on any atom is -0.279 e. The number of benzene rings is 2. The second kappa shape index (κ2) is 7.16. The molecule has 2 rings (SSSR count). The molecule has 0 aliphatic rings. The normalized spacial score (nSPS) is 12.4. The van der Waals surface area contributed by atoms with Crippen LogP contribution >= 0.6 is 11.6 Å². The lowest BCUT2D eigenvalue weighted by atomic mass is 10.2. The molecular weight excluding hydrogens is 375 g/mol. The van der Waals surface area contributed by atoms with Crippen molar-refractivity contribution < 1.29 is 22.5 Å². The molecule has 2 aromatic carbocycles. The molecule has 132 valence electrons. The summed E-state index contributed by atoms with van der Waals surface area (Å²) < 4.78 is 40.0. The highest BCUT2D eigenvalue weighted by Gasteiger charge is 2.33. The van der Waals surface area contributed by atoms with Gasteiger partial charge in [-0.15, -0.1) is 0 Å². The van der Waals surface area contributed by atoms with Gasteiger partial charge in [-0.05, 0) is 42.8 Å². The first-order valence-electron chi connectivity index (χ1n) is 6.88. The Hall–Kier alpha value is -2.52. The van der Waals surface area contributed by atoms with Gasteiger partial charge in [0, 0.05) is 12.1 Å². The van der Waals surface area contributed by atoms with Gasteiger partial charge in [0.25, 0.3) is 15.7 Å². The Balaban J connectivity index is 2.65. The molecule has 0 radical (unpaired) electrons. The summed E-state index contributed by atoms with van der Waals surface area (Å²) >= 11 is 5.44. The highest BCUT2D eigenvalue weighted by molar-refractivity contribution is 7.93. The molecule has 0 amide bonds. The molecule has 1 unspecified atom stereocenters. The quantitative estimate of drug-likeness (QED) is 0.431. The SMILES string of the molecule is CC(C(=O)Cl)N(c1cccc(F)c1)S(=O)(=O)c1cccc([N+](=O)[O-])c1. The van der Waals surface area contributed by atoms with Gasteiger partial charge in [-0.1, -0.05) is 12.1 Å². The molecule has 0 spiro atoms. The van der Waals surface area contributed by atoms with E-state index >= 15 is 0 Å². The monoisotopic (exact) mass is 386 g/mol.